The Morgan fingerprint density at radius 1 is 0.323 bits per heavy atom. The average Bonchev–Trinajstić information content (AvgIpc) is 3.30. The molecule has 0 radical (unpaired) electrons. The molecule has 0 saturated heterocycles. The Morgan fingerprint density at radius 3 is 0.938 bits per heavy atom. The molecular formula is C59H100O6. The number of allylic oxidation sites excluding steroid dienone is 14. The van der Waals surface area contributed by atoms with Crippen LogP contribution in [0.2, 0.25) is 0 Å². The van der Waals surface area contributed by atoms with Crippen molar-refractivity contribution >= 4 is 17.9 Å². The lowest BCUT2D eigenvalue weighted by Gasteiger charge is -2.18. The summed E-state index contributed by atoms with van der Waals surface area (Å²) >= 11 is 0. The van der Waals surface area contributed by atoms with Gasteiger partial charge in [0.25, 0.3) is 0 Å². The van der Waals surface area contributed by atoms with Crippen molar-refractivity contribution in [3.63, 3.8) is 0 Å². The molecule has 0 spiro atoms. The van der Waals surface area contributed by atoms with E-state index in [4.69, 9.17) is 14.2 Å². The van der Waals surface area contributed by atoms with Gasteiger partial charge in [-0.2, -0.15) is 0 Å². The second kappa shape index (κ2) is 53.2. The zero-order chi connectivity index (χ0) is 47.2. The predicted octanol–water partition coefficient (Wildman–Crippen LogP) is 18.0. The fraction of sp³-hybridized carbons (Fsp3) is 0.712. The molecule has 6 nitrogen and oxygen atoms in total. The molecule has 1 unspecified atom stereocenters. The fourth-order valence-corrected chi connectivity index (χ4v) is 7.54. The first kappa shape index (κ1) is 61.6. The summed E-state index contributed by atoms with van der Waals surface area (Å²) in [7, 11) is 0. The summed E-state index contributed by atoms with van der Waals surface area (Å²) in [6.45, 7) is 6.45. The Bertz CT molecular complexity index is 1270. The molecule has 6 heteroatoms. The Kier molecular flexibility index (Phi) is 50.4. The molecule has 0 aliphatic rings. The van der Waals surface area contributed by atoms with Gasteiger partial charge in [-0.15, -0.1) is 0 Å². The van der Waals surface area contributed by atoms with E-state index < -0.39 is 6.10 Å². The lowest BCUT2D eigenvalue weighted by molar-refractivity contribution is -0.167. The fourth-order valence-electron chi connectivity index (χ4n) is 7.54. The third-order valence-electron chi connectivity index (χ3n) is 11.6. The van der Waals surface area contributed by atoms with Gasteiger partial charge >= 0.3 is 17.9 Å². The van der Waals surface area contributed by atoms with Gasteiger partial charge in [-0.3, -0.25) is 14.4 Å². The van der Waals surface area contributed by atoms with Crippen molar-refractivity contribution in [1.29, 1.82) is 0 Å². The molecule has 0 fully saturated rings. The van der Waals surface area contributed by atoms with Crippen LogP contribution in [0.5, 0.6) is 0 Å². The van der Waals surface area contributed by atoms with Gasteiger partial charge in [0.15, 0.2) is 6.10 Å². The highest BCUT2D eigenvalue weighted by molar-refractivity contribution is 5.71. The van der Waals surface area contributed by atoms with Crippen LogP contribution in [-0.4, -0.2) is 37.2 Å². The van der Waals surface area contributed by atoms with E-state index in [1.54, 1.807) is 0 Å². The molecule has 372 valence electrons. The van der Waals surface area contributed by atoms with Crippen LogP contribution < -0.4 is 0 Å². The van der Waals surface area contributed by atoms with Crippen LogP contribution in [-0.2, 0) is 28.6 Å². The van der Waals surface area contributed by atoms with E-state index in [-0.39, 0.29) is 31.1 Å². The zero-order valence-corrected chi connectivity index (χ0v) is 42.5. The summed E-state index contributed by atoms with van der Waals surface area (Å²) in [5.74, 6) is -0.933. The molecule has 0 aromatic rings. The summed E-state index contributed by atoms with van der Waals surface area (Å²) in [6.07, 6.45) is 68.6. The largest absolute Gasteiger partial charge is 0.462 e. The van der Waals surface area contributed by atoms with Crippen LogP contribution in [0, 0.1) is 0 Å². The van der Waals surface area contributed by atoms with Crippen molar-refractivity contribution in [3.05, 3.63) is 85.1 Å². The molecule has 0 bridgehead atoms. The van der Waals surface area contributed by atoms with Gasteiger partial charge in [-0.1, -0.05) is 279 Å². The van der Waals surface area contributed by atoms with Crippen LogP contribution in [0.4, 0.5) is 0 Å². The van der Waals surface area contributed by atoms with E-state index in [2.05, 4.69) is 32.9 Å². The summed E-state index contributed by atoms with van der Waals surface area (Å²) in [4.78, 5) is 38.0. The Labute approximate surface area is 401 Å². The monoisotopic (exact) mass is 905 g/mol. The number of unbranched alkanes of at least 4 members (excludes halogenated alkanes) is 29. The van der Waals surface area contributed by atoms with E-state index in [0.29, 0.717) is 19.3 Å². The van der Waals surface area contributed by atoms with E-state index in [0.717, 1.165) is 70.6 Å². The summed E-state index contributed by atoms with van der Waals surface area (Å²) in [6, 6.07) is 0. The molecule has 0 rings (SSSR count). The number of ether oxygens (including phenoxy) is 3. The molecule has 0 amide bonds. The van der Waals surface area contributed by atoms with Crippen molar-refractivity contribution in [3.8, 4) is 0 Å². The first-order valence-electron chi connectivity index (χ1n) is 27.2. The smallest absolute Gasteiger partial charge is 0.306 e. The van der Waals surface area contributed by atoms with Crippen molar-refractivity contribution in [2.24, 2.45) is 0 Å². The highest BCUT2D eigenvalue weighted by Crippen LogP contribution is 2.16. The van der Waals surface area contributed by atoms with Crippen molar-refractivity contribution in [1.82, 2.24) is 0 Å². The van der Waals surface area contributed by atoms with E-state index in [9.17, 15) is 14.4 Å². The summed E-state index contributed by atoms with van der Waals surface area (Å²) in [5.41, 5.74) is 0. The normalized spacial score (nSPS) is 12.7. The SMILES string of the molecule is CC\C=C/C=C\C=C/C=C\C=C\C=C/C=C\CCCCCC(=O)OCC(COC(=O)CCCCCCCCCCC)OC(=O)CCCCCCCCCCCCCCCCCCCCC. The second-order valence-electron chi connectivity index (χ2n) is 18.0. The van der Waals surface area contributed by atoms with Crippen LogP contribution in [0.25, 0.3) is 0 Å². The minimum Gasteiger partial charge on any atom is -0.462 e. The first-order valence-corrected chi connectivity index (χ1v) is 27.2. The molecule has 0 N–H and O–H groups in total. The third kappa shape index (κ3) is 51.4. The van der Waals surface area contributed by atoms with Gasteiger partial charge < -0.3 is 14.2 Å². The Morgan fingerprint density at radius 2 is 0.600 bits per heavy atom. The van der Waals surface area contributed by atoms with Crippen LogP contribution in [0.1, 0.15) is 252 Å². The van der Waals surface area contributed by atoms with E-state index >= 15 is 0 Å². The standard InChI is InChI=1S/C59H100O6/c1-4-7-10-13-16-19-21-23-25-27-29-31-33-35-37-40-43-46-49-52-58(61)64-55-56(54-63-57(60)51-48-45-42-39-18-15-12-9-6-3)65-59(62)53-50-47-44-41-38-36-34-32-30-28-26-24-22-20-17-14-11-8-5-2/h7,10,13,16,19,21,23,25,27,29,31,33,35,37,56H,4-6,8-9,11-12,14-15,17-18,20,22,24,26,28,30,32,34,36,38-55H2,1-3H3/b10-7-,16-13-,21-19-,25-23-,29-27+,33-31-,37-35-. The van der Waals surface area contributed by atoms with Gasteiger partial charge in [0.05, 0.1) is 0 Å². The van der Waals surface area contributed by atoms with E-state index in [1.807, 2.05) is 72.9 Å². The molecule has 0 heterocycles. The van der Waals surface area contributed by atoms with Gasteiger partial charge in [0.2, 0.25) is 0 Å². The quantitative estimate of drug-likeness (QED) is 0.0262. The van der Waals surface area contributed by atoms with Gasteiger partial charge in [-0.25, -0.2) is 0 Å². The molecule has 0 aliphatic heterocycles. The summed E-state index contributed by atoms with van der Waals surface area (Å²) < 4.78 is 16.8. The highest BCUT2D eigenvalue weighted by atomic mass is 16.6. The first-order chi connectivity index (χ1) is 32.0. The molecule has 0 aromatic heterocycles. The van der Waals surface area contributed by atoms with Crippen LogP contribution >= 0.6 is 0 Å². The number of carbonyl (C=O) groups is 3. The average molecular weight is 905 g/mol. The summed E-state index contributed by atoms with van der Waals surface area (Å²) in [5, 5.41) is 0. The Hall–Kier alpha value is -3.41. The van der Waals surface area contributed by atoms with Crippen molar-refractivity contribution in [2.75, 3.05) is 13.2 Å². The molecular weight excluding hydrogens is 805 g/mol. The van der Waals surface area contributed by atoms with E-state index in [1.165, 1.54) is 141 Å². The van der Waals surface area contributed by atoms with Crippen LogP contribution in [0.3, 0.4) is 0 Å². The second-order valence-corrected chi connectivity index (χ2v) is 18.0. The van der Waals surface area contributed by atoms with Crippen LogP contribution in [0.15, 0.2) is 85.1 Å². The van der Waals surface area contributed by atoms with Crippen molar-refractivity contribution in [2.45, 2.75) is 258 Å². The maximum Gasteiger partial charge on any atom is 0.306 e. The lowest BCUT2D eigenvalue weighted by atomic mass is 10.0. The number of hydrogen-bond donors (Lipinski definition) is 0. The number of esters is 3. The zero-order valence-electron chi connectivity index (χ0n) is 42.5. The molecule has 65 heavy (non-hydrogen) atoms. The lowest BCUT2D eigenvalue weighted by Crippen LogP contribution is -2.30. The number of rotatable bonds is 48. The van der Waals surface area contributed by atoms with Crippen molar-refractivity contribution < 1.29 is 28.6 Å². The maximum atomic E-state index is 12.8. The molecule has 0 aromatic carbocycles. The minimum atomic E-state index is -0.792. The van der Waals surface area contributed by atoms with Gasteiger partial charge in [0.1, 0.15) is 13.2 Å². The maximum absolute atomic E-state index is 12.8. The predicted molar refractivity (Wildman–Crippen MR) is 279 cm³/mol. The third-order valence-corrected chi connectivity index (χ3v) is 11.6. The van der Waals surface area contributed by atoms with Gasteiger partial charge in [0, 0.05) is 19.3 Å². The topological polar surface area (TPSA) is 78.9 Å². The number of carbonyl (C=O) groups excluding carboxylic acids is 3. The molecule has 1 atom stereocenters. The molecule has 0 aliphatic carbocycles. The number of hydrogen-bond acceptors (Lipinski definition) is 6. The Balaban J connectivity index is 4.39. The van der Waals surface area contributed by atoms with Gasteiger partial charge in [-0.05, 0) is 38.5 Å². The molecule has 0 saturated carbocycles. The minimum absolute atomic E-state index is 0.0890. The highest BCUT2D eigenvalue weighted by Gasteiger charge is 2.19.